The fraction of sp³-hybridized carbons (Fsp3) is 0.667. The molecule has 1 atom stereocenters. The minimum atomic E-state index is -1.82. The van der Waals surface area contributed by atoms with Gasteiger partial charge in [-0.3, -0.25) is 4.79 Å². The Kier molecular flexibility index (Phi) is 11.3. The van der Waals surface area contributed by atoms with Crippen LogP contribution in [0.4, 0.5) is 0 Å². The zero-order valence-corrected chi connectivity index (χ0v) is 9.55. The number of nitrogens with one attached hydrogen (secondary N) is 1. The van der Waals surface area contributed by atoms with Crippen molar-refractivity contribution in [1.82, 2.24) is 5.32 Å². The maximum atomic E-state index is 10.4. The van der Waals surface area contributed by atoms with E-state index < -0.39 is 23.9 Å². The molecule has 8 nitrogen and oxygen atoms in total. The van der Waals surface area contributed by atoms with Gasteiger partial charge in [-0.1, -0.05) is 6.42 Å². The molecule has 0 radical (unpaired) electrons. The fourth-order valence-corrected chi connectivity index (χ4v) is 0.884. The van der Waals surface area contributed by atoms with Gasteiger partial charge in [-0.15, -0.1) is 0 Å². The predicted octanol–water partition coefficient (Wildman–Crippen LogP) is -1.06. The first-order valence-corrected chi connectivity index (χ1v) is 4.93. The highest BCUT2D eigenvalue weighted by molar-refractivity contribution is 6.27. The SMILES string of the molecule is CN[C@@H](CCCCN)C(=O)O.O=C(O)C(=O)O. The lowest BCUT2D eigenvalue weighted by molar-refractivity contribution is -0.159. The summed E-state index contributed by atoms with van der Waals surface area (Å²) < 4.78 is 0. The van der Waals surface area contributed by atoms with E-state index in [4.69, 9.17) is 30.6 Å². The van der Waals surface area contributed by atoms with Gasteiger partial charge in [-0.25, -0.2) is 9.59 Å². The van der Waals surface area contributed by atoms with Crippen LogP contribution in [-0.4, -0.2) is 52.9 Å². The number of carboxylic acids is 3. The maximum absolute atomic E-state index is 10.4. The van der Waals surface area contributed by atoms with Crippen molar-refractivity contribution >= 4 is 17.9 Å². The molecule has 0 aliphatic carbocycles. The lowest BCUT2D eigenvalue weighted by atomic mass is 10.1. The van der Waals surface area contributed by atoms with E-state index in [-0.39, 0.29) is 0 Å². The summed E-state index contributed by atoms with van der Waals surface area (Å²) >= 11 is 0. The van der Waals surface area contributed by atoms with E-state index in [1.165, 1.54) is 0 Å². The van der Waals surface area contributed by atoms with Crippen LogP contribution in [0, 0.1) is 0 Å². The third-order valence-electron chi connectivity index (χ3n) is 1.78. The first kappa shape index (κ1) is 17.7. The molecule has 0 fully saturated rings. The van der Waals surface area contributed by atoms with Gasteiger partial charge in [-0.05, 0) is 26.4 Å². The molecule has 0 aromatic carbocycles. The third-order valence-corrected chi connectivity index (χ3v) is 1.78. The smallest absolute Gasteiger partial charge is 0.414 e. The number of hydrogen-bond donors (Lipinski definition) is 5. The van der Waals surface area contributed by atoms with Crippen molar-refractivity contribution in [3.8, 4) is 0 Å². The Morgan fingerprint density at radius 3 is 1.82 bits per heavy atom. The number of unbranched alkanes of at least 4 members (excludes halogenated alkanes) is 1. The Morgan fingerprint density at radius 1 is 1.12 bits per heavy atom. The molecule has 0 rings (SSSR count). The Hall–Kier alpha value is -1.67. The van der Waals surface area contributed by atoms with Gasteiger partial charge in [0.05, 0.1) is 0 Å². The largest absolute Gasteiger partial charge is 0.480 e. The summed E-state index contributed by atoms with van der Waals surface area (Å²) in [5, 5.41) is 26.1. The summed E-state index contributed by atoms with van der Waals surface area (Å²) in [6.07, 6.45) is 2.42. The number of rotatable bonds is 6. The average molecular weight is 250 g/mol. The highest BCUT2D eigenvalue weighted by Gasteiger charge is 2.12. The van der Waals surface area contributed by atoms with Crippen molar-refractivity contribution in [2.45, 2.75) is 25.3 Å². The van der Waals surface area contributed by atoms with Gasteiger partial charge in [0.25, 0.3) is 0 Å². The minimum Gasteiger partial charge on any atom is -0.480 e. The quantitative estimate of drug-likeness (QED) is 0.296. The van der Waals surface area contributed by atoms with Gasteiger partial charge < -0.3 is 26.4 Å². The number of carboxylic acid groups (broad SMARTS) is 3. The molecule has 100 valence electrons. The van der Waals surface area contributed by atoms with Gasteiger partial charge in [-0.2, -0.15) is 0 Å². The Labute approximate surface area is 98.4 Å². The van der Waals surface area contributed by atoms with Crippen LogP contribution in [0.25, 0.3) is 0 Å². The van der Waals surface area contributed by atoms with Gasteiger partial charge in [0.2, 0.25) is 0 Å². The summed E-state index contributed by atoms with van der Waals surface area (Å²) in [4.78, 5) is 28.6. The molecule has 0 heterocycles. The molecule has 0 unspecified atom stereocenters. The van der Waals surface area contributed by atoms with E-state index in [0.29, 0.717) is 13.0 Å². The molecule has 0 amide bonds. The molecule has 0 aromatic rings. The second-order valence-corrected chi connectivity index (χ2v) is 3.07. The van der Waals surface area contributed by atoms with E-state index >= 15 is 0 Å². The van der Waals surface area contributed by atoms with Gasteiger partial charge in [0.1, 0.15) is 6.04 Å². The number of hydrogen-bond acceptors (Lipinski definition) is 5. The lowest BCUT2D eigenvalue weighted by Gasteiger charge is -2.09. The number of nitrogens with two attached hydrogens (primary N) is 1. The van der Waals surface area contributed by atoms with E-state index in [1.54, 1.807) is 7.05 Å². The van der Waals surface area contributed by atoms with Crippen molar-refractivity contribution in [1.29, 1.82) is 0 Å². The standard InChI is InChI=1S/C7H16N2O2.C2H2O4/c1-9-6(7(10)11)4-2-3-5-8;3-1(4)2(5)6/h6,9H,2-5,8H2,1H3,(H,10,11);(H,3,4)(H,5,6)/t6-;/m0./s1. The van der Waals surface area contributed by atoms with E-state index in [9.17, 15) is 4.79 Å². The molecule has 0 aromatic heterocycles. The van der Waals surface area contributed by atoms with Crippen LogP contribution in [0.15, 0.2) is 0 Å². The first-order chi connectivity index (χ1) is 7.86. The van der Waals surface area contributed by atoms with Gasteiger partial charge >= 0.3 is 17.9 Å². The van der Waals surface area contributed by atoms with Crippen LogP contribution >= 0.6 is 0 Å². The topological polar surface area (TPSA) is 150 Å². The van der Waals surface area contributed by atoms with E-state index in [0.717, 1.165) is 12.8 Å². The summed E-state index contributed by atoms with van der Waals surface area (Å²) in [6.45, 7) is 0.635. The van der Waals surface area contributed by atoms with Crippen molar-refractivity contribution in [2.24, 2.45) is 5.73 Å². The van der Waals surface area contributed by atoms with Gasteiger partial charge in [0.15, 0.2) is 0 Å². The minimum absolute atomic E-state index is 0.415. The second-order valence-electron chi connectivity index (χ2n) is 3.07. The van der Waals surface area contributed by atoms with E-state index in [2.05, 4.69) is 5.32 Å². The second kappa shape index (κ2) is 10.8. The number of likely N-dealkylation sites (N-methyl/N-ethyl adjacent to an activating group) is 1. The molecular weight excluding hydrogens is 232 g/mol. The molecule has 0 aliphatic rings. The van der Waals surface area contributed by atoms with Crippen molar-refractivity contribution in [3.05, 3.63) is 0 Å². The fourth-order valence-electron chi connectivity index (χ4n) is 0.884. The summed E-state index contributed by atoms with van der Waals surface area (Å²) in [5.41, 5.74) is 5.26. The van der Waals surface area contributed by atoms with Crippen LogP contribution in [0.2, 0.25) is 0 Å². The predicted molar refractivity (Wildman–Crippen MR) is 58.7 cm³/mol. The maximum Gasteiger partial charge on any atom is 0.414 e. The van der Waals surface area contributed by atoms with Crippen molar-refractivity contribution in [3.63, 3.8) is 0 Å². The molecule has 6 N–H and O–H groups in total. The van der Waals surface area contributed by atoms with Gasteiger partial charge in [0, 0.05) is 0 Å². The highest BCUT2D eigenvalue weighted by atomic mass is 16.4. The van der Waals surface area contributed by atoms with Crippen LogP contribution < -0.4 is 11.1 Å². The molecule has 0 bridgehead atoms. The normalized spacial score (nSPS) is 10.9. The van der Waals surface area contributed by atoms with Crippen molar-refractivity contribution < 1.29 is 29.7 Å². The zero-order chi connectivity index (χ0) is 13.8. The Bertz CT molecular complexity index is 244. The molecule has 0 spiro atoms. The lowest BCUT2D eigenvalue weighted by Crippen LogP contribution is -2.33. The molecule has 0 saturated carbocycles. The first-order valence-electron chi connectivity index (χ1n) is 4.93. The summed E-state index contributed by atoms with van der Waals surface area (Å²) in [5.74, 6) is -4.44. The molecule has 8 heteroatoms. The van der Waals surface area contributed by atoms with Crippen LogP contribution in [0.1, 0.15) is 19.3 Å². The zero-order valence-electron chi connectivity index (χ0n) is 9.55. The van der Waals surface area contributed by atoms with Crippen LogP contribution in [0.3, 0.4) is 0 Å². The molecule has 0 saturated heterocycles. The highest BCUT2D eigenvalue weighted by Crippen LogP contribution is 1.99. The molecule has 0 aliphatic heterocycles. The monoisotopic (exact) mass is 250 g/mol. The Morgan fingerprint density at radius 2 is 1.59 bits per heavy atom. The Balaban J connectivity index is 0. The number of aliphatic carboxylic acids is 3. The van der Waals surface area contributed by atoms with Crippen LogP contribution in [0.5, 0.6) is 0 Å². The van der Waals surface area contributed by atoms with Crippen LogP contribution in [-0.2, 0) is 14.4 Å². The third kappa shape index (κ3) is 12.3. The summed E-state index contributed by atoms with van der Waals surface area (Å²) in [6, 6.07) is -0.415. The average Bonchev–Trinajstić information content (AvgIpc) is 2.24. The summed E-state index contributed by atoms with van der Waals surface area (Å²) in [7, 11) is 1.65. The molecular formula is C9H18N2O6. The number of carbonyl (C=O) groups is 3. The van der Waals surface area contributed by atoms with E-state index in [1.807, 2.05) is 0 Å². The molecule has 17 heavy (non-hydrogen) atoms. The van der Waals surface area contributed by atoms with Crippen molar-refractivity contribution in [2.75, 3.05) is 13.6 Å².